The van der Waals surface area contributed by atoms with Gasteiger partial charge in [-0.05, 0) is 6.07 Å². The van der Waals surface area contributed by atoms with Crippen LogP contribution in [0.2, 0.25) is 0 Å². The van der Waals surface area contributed by atoms with Crippen LogP contribution in [0.1, 0.15) is 0 Å². The molecule has 13 heavy (non-hydrogen) atoms. The summed E-state index contributed by atoms with van der Waals surface area (Å²) in [5, 5.41) is 15.3. The average Bonchev–Trinajstić information content (AvgIpc) is 2.15. The molecule has 0 unspecified atom stereocenters. The van der Waals surface area contributed by atoms with Gasteiger partial charge in [-0.15, -0.1) is 0 Å². The fraction of sp³-hybridized carbons (Fsp3) is 0.250. The molecule has 0 aliphatic heterocycles. The van der Waals surface area contributed by atoms with Crippen molar-refractivity contribution in [1.82, 2.24) is 0 Å². The number of hydrogen-bond donors (Lipinski definition) is 0. The SMILES string of the molecule is CO/N=C\CSc1cccc[n+]1[O-]. The molecular formula is C8H10N2O2S. The summed E-state index contributed by atoms with van der Waals surface area (Å²) in [7, 11) is 1.48. The molecule has 0 aliphatic rings. The van der Waals surface area contributed by atoms with Gasteiger partial charge < -0.3 is 10.0 Å². The molecule has 0 N–H and O–H groups in total. The van der Waals surface area contributed by atoms with Crippen molar-refractivity contribution in [2.24, 2.45) is 5.16 Å². The van der Waals surface area contributed by atoms with E-state index < -0.39 is 0 Å². The molecule has 4 nitrogen and oxygen atoms in total. The highest BCUT2D eigenvalue weighted by molar-refractivity contribution is 7.99. The van der Waals surface area contributed by atoms with Gasteiger partial charge in [0.05, 0.1) is 6.21 Å². The lowest BCUT2D eigenvalue weighted by Gasteiger charge is -1.99. The Morgan fingerprint density at radius 3 is 3.23 bits per heavy atom. The Balaban J connectivity index is 2.45. The molecule has 0 saturated heterocycles. The van der Waals surface area contributed by atoms with Gasteiger partial charge in [0.1, 0.15) is 7.11 Å². The van der Waals surface area contributed by atoms with Crippen LogP contribution in [0, 0.1) is 5.21 Å². The average molecular weight is 198 g/mol. The molecule has 1 rings (SSSR count). The minimum Gasteiger partial charge on any atom is -0.618 e. The minimum absolute atomic E-state index is 0.625. The van der Waals surface area contributed by atoms with Crippen LogP contribution in [0.25, 0.3) is 0 Å². The second-order valence-electron chi connectivity index (χ2n) is 2.15. The molecule has 70 valence electrons. The molecule has 0 atom stereocenters. The van der Waals surface area contributed by atoms with Gasteiger partial charge in [-0.1, -0.05) is 16.9 Å². The molecule has 5 heteroatoms. The third-order valence-corrected chi connectivity index (χ3v) is 2.20. The van der Waals surface area contributed by atoms with Crippen LogP contribution in [-0.2, 0) is 4.84 Å². The Hall–Kier alpha value is -1.23. The van der Waals surface area contributed by atoms with Crippen molar-refractivity contribution in [1.29, 1.82) is 0 Å². The maximum absolute atomic E-state index is 11.1. The van der Waals surface area contributed by atoms with Crippen molar-refractivity contribution in [2.75, 3.05) is 12.9 Å². The number of rotatable bonds is 4. The summed E-state index contributed by atoms with van der Waals surface area (Å²) in [5.74, 6) is 0.625. The van der Waals surface area contributed by atoms with Gasteiger partial charge in [0.15, 0.2) is 6.20 Å². The second-order valence-corrected chi connectivity index (χ2v) is 3.19. The first-order valence-corrected chi connectivity index (χ1v) is 4.69. The van der Waals surface area contributed by atoms with Crippen LogP contribution in [0.4, 0.5) is 0 Å². The second kappa shape index (κ2) is 5.42. The molecule has 0 saturated carbocycles. The molecule has 1 aromatic rings. The monoisotopic (exact) mass is 198 g/mol. The van der Waals surface area contributed by atoms with E-state index in [-0.39, 0.29) is 0 Å². The quantitative estimate of drug-likeness (QED) is 0.239. The predicted molar refractivity (Wildman–Crippen MR) is 51.6 cm³/mol. The summed E-state index contributed by atoms with van der Waals surface area (Å²) in [4.78, 5) is 4.48. The fourth-order valence-electron chi connectivity index (χ4n) is 0.752. The van der Waals surface area contributed by atoms with Crippen molar-refractivity contribution in [3.8, 4) is 0 Å². The zero-order valence-electron chi connectivity index (χ0n) is 7.21. The lowest BCUT2D eigenvalue weighted by molar-refractivity contribution is -0.645. The van der Waals surface area contributed by atoms with Gasteiger partial charge in [0.25, 0.3) is 5.03 Å². The maximum Gasteiger partial charge on any atom is 0.251 e. The van der Waals surface area contributed by atoms with Crippen LogP contribution < -0.4 is 4.73 Å². The highest BCUT2D eigenvalue weighted by Crippen LogP contribution is 2.10. The number of thioether (sulfide) groups is 1. The third-order valence-electron chi connectivity index (χ3n) is 1.27. The van der Waals surface area contributed by atoms with Crippen molar-refractivity contribution < 1.29 is 9.57 Å². The van der Waals surface area contributed by atoms with Crippen molar-refractivity contribution in [3.63, 3.8) is 0 Å². The topological polar surface area (TPSA) is 48.5 Å². The Morgan fingerprint density at radius 1 is 1.69 bits per heavy atom. The van der Waals surface area contributed by atoms with Crippen LogP contribution in [0.5, 0.6) is 0 Å². The van der Waals surface area contributed by atoms with Crippen LogP contribution in [0.3, 0.4) is 0 Å². The first-order valence-electron chi connectivity index (χ1n) is 3.70. The van der Waals surface area contributed by atoms with E-state index in [0.29, 0.717) is 10.8 Å². The van der Waals surface area contributed by atoms with E-state index in [2.05, 4.69) is 9.99 Å². The van der Waals surface area contributed by atoms with Crippen LogP contribution >= 0.6 is 11.8 Å². The predicted octanol–water partition coefficient (Wildman–Crippen LogP) is 1.04. The van der Waals surface area contributed by atoms with E-state index in [1.807, 2.05) is 6.07 Å². The van der Waals surface area contributed by atoms with Crippen molar-refractivity contribution in [3.05, 3.63) is 29.6 Å². The smallest absolute Gasteiger partial charge is 0.251 e. The fourth-order valence-corrected chi connectivity index (χ4v) is 1.42. The zero-order chi connectivity index (χ0) is 9.52. The molecule has 0 spiro atoms. The summed E-state index contributed by atoms with van der Waals surface area (Å²) >= 11 is 1.41. The number of aromatic nitrogens is 1. The van der Waals surface area contributed by atoms with Crippen LogP contribution in [-0.4, -0.2) is 19.1 Å². The van der Waals surface area contributed by atoms with Gasteiger partial charge in [-0.25, -0.2) is 0 Å². The van der Waals surface area contributed by atoms with Gasteiger partial charge in [0, 0.05) is 17.9 Å². The third kappa shape index (κ3) is 3.33. The summed E-state index contributed by atoms with van der Waals surface area (Å²) in [6, 6.07) is 5.28. The first-order chi connectivity index (χ1) is 6.34. The Morgan fingerprint density at radius 2 is 2.54 bits per heavy atom. The summed E-state index contributed by atoms with van der Waals surface area (Å²) in [6.45, 7) is 0. The zero-order valence-corrected chi connectivity index (χ0v) is 8.03. The Labute approximate surface area is 80.8 Å². The van der Waals surface area contributed by atoms with E-state index in [9.17, 15) is 5.21 Å². The maximum atomic E-state index is 11.1. The highest BCUT2D eigenvalue weighted by atomic mass is 32.2. The summed E-state index contributed by atoms with van der Waals surface area (Å²) in [5.41, 5.74) is 0. The van der Waals surface area contributed by atoms with E-state index >= 15 is 0 Å². The van der Waals surface area contributed by atoms with E-state index in [1.54, 1.807) is 18.3 Å². The standard InChI is InChI=1S/C8H10N2O2S/c1-12-9-5-7-13-8-4-2-3-6-10(8)11/h2-6H,7H2,1H3/b9-5-. The number of pyridine rings is 1. The molecule has 0 fully saturated rings. The molecule has 0 aromatic carbocycles. The largest absolute Gasteiger partial charge is 0.618 e. The summed E-state index contributed by atoms with van der Waals surface area (Å²) in [6.07, 6.45) is 3.08. The number of nitrogens with zero attached hydrogens (tertiary/aromatic N) is 2. The minimum atomic E-state index is 0.625. The van der Waals surface area contributed by atoms with Gasteiger partial charge >= 0.3 is 0 Å². The molecule has 0 radical (unpaired) electrons. The van der Waals surface area contributed by atoms with E-state index in [1.165, 1.54) is 25.1 Å². The first kappa shape index (κ1) is 9.85. The molecule has 0 aliphatic carbocycles. The van der Waals surface area contributed by atoms with E-state index in [0.717, 1.165) is 4.73 Å². The molecule has 0 amide bonds. The lowest BCUT2D eigenvalue weighted by atomic mass is 10.5. The highest BCUT2D eigenvalue weighted by Gasteiger charge is 2.01. The van der Waals surface area contributed by atoms with Gasteiger partial charge in [0.2, 0.25) is 0 Å². The lowest BCUT2D eigenvalue weighted by Crippen LogP contribution is -2.27. The number of oxime groups is 1. The van der Waals surface area contributed by atoms with Gasteiger partial charge in [-0.2, -0.15) is 4.73 Å². The van der Waals surface area contributed by atoms with Crippen molar-refractivity contribution >= 4 is 18.0 Å². The Kier molecular flexibility index (Phi) is 4.11. The molecule has 1 aromatic heterocycles. The van der Waals surface area contributed by atoms with E-state index in [4.69, 9.17) is 0 Å². The molecular weight excluding hydrogens is 188 g/mol. The molecule has 0 bridgehead atoms. The molecule has 1 heterocycles. The van der Waals surface area contributed by atoms with Crippen molar-refractivity contribution in [2.45, 2.75) is 5.03 Å². The van der Waals surface area contributed by atoms with Gasteiger partial charge in [-0.3, -0.25) is 0 Å². The number of hydrogen-bond acceptors (Lipinski definition) is 4. The van der Waals surface area contributed by atoms with Crippen LogP contribution in [0.15, 0.2) is 34.6 Å². The Bertz CT molecular complexity index is 291. The normalized spacial score (nSPS) is 10.5. The summed E-state index contributed by atoms with van der Waals surface area (Å²) < 4.78 is 0.825.